The van der Waals surface area contributed by atoms with Crippen LogP contribution in [0.1, 0.15) is 44.9 Å². The highest BCUT2D eigenvalue weighted by molar-refractivity contribution is 4.93. The highest BCUT2D eigenvalue weighted by atomic mass is 16.5. The van der Waals surface area contributed by atoms with E-state index in [1.807, 2.05) is 4.90 Å². The summed E-state index contributed by atoms with van der Waals surface area (Å²) in [6.07, 6.45) is 4.85. The Bertz CT molecular complexity index is 279. The molecule has 1 saturated heterocycles. The molecule has 0 radical (unpaired) electrons. The third-order valence-electron chi connectivity index (χ3n) is 4.51. The number of likely N-dealkylation sites (tertiary alicyclic amines) is 1. The molecular weight excluding hydrogens is 286 g/mol. The van der Waals surface area contributed by atoms with Crippen molar-refractivity contribution in [1.29, 1.82) is 0 Å². The van der Waals surface area contributed by atoms with Crippen molar-refractivity contribution in [2.45, 2.75) is 69.3 Å². The molecule has 0 aromatic carbocycles. The van der Waals surface area contributed by atoms with Crippen LogP contribution in [0.25, 0.3) is 0 Å². The van der Waals surface area contributed by atoms with Crippen molar-refractivity contribution in [1.82, 2.24) is 4.90 Å². The van der Waals surface area contributed by atoms with E-state index in [9.17, 15) is 20.4 Å². The molecule has 0 bridgehead atoms. The highest BCUT2D eigenvalue weighted by Gasteiger charge is 2.40. The molecule has 22 heavy (non-hydrogen) atoms. The van der Waals surface area contributed by atoms with E-state index in [1.54, 1.807) is 7.11 Å². The molecule has 4 unspecified atom stereocenters. The van der Waals surface area contributed by atoms with Gasteiger partial charge in [0.2, 0.25) is 0 Å². The third kappa shape index (κ3) is 6.48. The first-order valence-corrected chi connectivity index (χ1v) is 8.49. The van der Waals surface area contributed by atoms with Gasteiger partial charge in [-0.3, -0.25) is 4.90 Å². The number of hydrogen-bond donors (Lipinski definition) is 4. The van der Waals surface area contributed by atoms with Crippen LogP contribution in [0.15, 0.2) is 0 Å². The quantitative estimate of drug-likeness (QED) is 0.404. The minimum Gasteiger partial charge on any atom is -0.395 e. The summed E-state index contributed by atoms with van der Waals surface area (Å²) in [6, 6.07) is -0.479. The number of unbranched alkanes of at least 4 members (excludes halogenated alkanes) is 6. The summed E-state index contributed by atoms with van der Waals surface area (Å²) in [7, 11) is 1.73. The first-order chi connectivity index (χ1) is 10.6. The number of hydrogen-bond acceptors (Lipinski definition) is 6. The van der Waals surface area contributed by atoms with Crippen LogP contribution in [0, 0.1) is 0 Å². The van der Waals surface area contributed by atoms with Gasteiger partial charge in [0.1, 0.15) is 12.2 Å². The number of methoxy groups -OCH3 is 1. The maximum absolute atomic E-state index is 9.90. The normalized spacial score (nSPS) is 29.9. The number of aliphatic hydroxyl groups excluding tert-OH is 4. The van der Waals surface area contributed by atoms with E-state index in [0.717, 1.165) is 32.4 Å². The van der Waals surface area contributed by atoms with Gasteiger partial charge in [0.05, 0.1) is 18.8 Å². The van der Waals surface area contributed by atoms with E-state index in [-0.39, 0.29) is 6.61 Å². The van der Waals surface area contributed by atoms with Gasteiger partial charge in [-0.15, -0.1) is 0 Å². The standard InChI is InChI=1S/C16H33NO5/c1-22-10-8-6-4-2-3-5-7-9-17-11-14(19)16(21)15(20)13(17)12-18/h13-16,18-21H,2-12H2,1H3. The maximum Gasteiger partial charge on any atom is 0.109 e. The maximum atomic E-state index is 9.90. The van der Waals surface area contributed by atoms with Gasteiger partial charge in [0.15, 0.2) is 0 Å². The van der Waals surface area contributed by atoms with Crippen molar-refractivity contribution in [3.8, 4) is 0 Å². The van der Waals surface area contributed by atoms with E-state index in [4.69, 9.17) is 4.74 Å². The zero-order chi connectivity index (χ0) is 16.4. The van der Waals surface area contributed by atoms with Crippen molar-refractivity contribution >= 4 is 0 Å². The van der Waals surface area contributed by atoms with E-state index in [0.29, 0.717) is 6.54 Å². The van der Waals surface area contributed by atoms with Crippen molar-refractivity contribution in [2.24, 2.45) is 0 Å². The lowest BCUT2D eigenvalue weighted by molar-refractivity contribution is -0.145. The number of ether oxygens (including phenoxy) is 1. The van der Waals surface area contributed by atoms with Gasteiger partial charge in [0, 0.05) is 20.3 Å². The fourth-order valence-electron chi connectivity index (χ4n) is 3.08. The van der Waals surface area contributed by atoms with Gasteiger partial charge >= 0.3 is 0 Å². The van der Waals surface area contributed by atoms with Crippen LogP contribution in [0.4, 0.5) is 0 Å². The summed E-state index contributed by atoms with van der Waals surface area (Å²) in [6.45, 7) is 1.68. The number of β-amino-alcohol motifs (C(OH)–C–C–N with tert-alkyl or cyclic N) is 1. The Morgan fingerprint density at radius 2 is 1.50 bits per heavy atom. The largest absolute Gasteiger partial charge is 0.395 e. The summed E-state index contributed by atoms with van der Waals surface area (Å²) in [5.74, 6) is 0. The topological polar surface area (TPSA) is 93.4 Å². The lowest BCUT2D eigenvalue weighted by atomic mass is 9.94. The Kier molecular flexibility index (Phi) is 10.2. The van der Waals surface area contributed by atoms with Crippen LogP contribution in [-0.4, -0.2) is 83.1 Å². The van der Waals surface area contributed by atoms with Crippen LogP contribution < -0.4 is 0 Å². The SMILES string of the molecule is COCCCCCCCCCN1CC(O)C(O)C(O)C1CO. The van der Waals surface area contributed by atoms with Crippen LogP contribution in [0.3, 0.4) is 0 Å². The molecule has 0 aliphatic carbocycles. The fraction of sp³-hybridized carbons (Fsp3) is 1.00. The van der Waals surface area contributed by atoms with E-state index < -0.39 is 24.4 Å². The van der Waals surface area contributed by atoms with Gasteiger partial charge in [-0.25, -0.2) is 0 Å². The molecule has 4 N–H and O–H groups in total. The summed E-state index contributed by atoms with van der Waals surface area (Å²) in [5, 5.41) is 38.7. The summed E-state index contributed by atoms with van der Waals surface area (Å²) in [5.41, 5.74) is 0. The van der Waals surface area contributed by atoms with Gasteiger partial charge < -0.3 is 25.2 Å². The molecule has 1 aliphatic heterocycles. The molecule has 1 aliphatic rings. The molecule has 1 rings (SSSR count). The molecule has 4 atom stereocenters. The molecule has 0 aromatic rings. The molecule has 6 heteroatoms. The van der Waals surface area contributed by atoms with Gasteiger partial charge in [-0.1, -0.05) is 32.1 Å². The lowest BCUT2D eigenvalue weighted by Gasteiger charge is -2.43. The van der Waals surface area contributed by atoms with Crippen LogP contribution in [-0.2, 0) is 4.74 Å². The molecule has 132 valence electrons. The van der Waals surface area contributed by atoms with Crippen molar-refractivity contribution in [3.63, 3.8) is 0 Å². The van der Waals surface area contributed by atoms with Crippen LogP contribution in [0.2, 0.25) is 0 Å². The Labute approximate surface area is 133 Å². The zero-order valence-electron chi connectivity index (χ0n) is 13.7. The van der Waals surface area contributed by atoms with E-state index >= 15 is 0 Å². The second-order valence-corrected chi connectivity index (χ2v) is 6.26. The first-order valence-electron chi connectivity index (χ1n) is 8.49. The average molecular weight is 319 g/mol. The predicted molar refractivity (Wildman–Crippen MR) is 84.7 cm³/mol. The average Bonchev–Trinajstić information content (AvgIpc) is 2.51. The van der Waals surface area contributed by atoms with Gasteiger partial charge in [0.25, 0.3) is 0 Å². The summed E-state index contributed by atoms with van der Waals surface area (Å²) >= 11 is 0. The second-order valence-electron chi connectivity index (χ2n) is 6.26. The number of piperidine rings is 1. The summed E-state index contributed by atoms with van der Waals surface area (Å²) < 4.78 is 5.02. The number of rotatable bonds is 11. The predicted octanol–water partition coefficient (Wildman–Crippen LogP) is 0.123. The van der Waals surface area contributed by atoms with Crippen molar-refractivity contribution < 1.29 is 25.2 Å². The van der Waals surface area contributed by atoms with E-state index in [1.165, 1.54) is 25.7 Å². The smallest absolute Gasteiger partial charge is 0.109 e. The lowest BCUT2D eigenvalue weighted by Crippen LogP contribution is -2.62. The highest BCUT2D eigenvalue weighted by Crippen LogP contribution is 2.19. The minimum atomic E-state index is -1.17. The molecule has 1 heterocycles. The third-order valence-corrected chi connectivity index (χ3v) is 4.51. The van der Waals surface area contributed by atoms with Crippen molar-refractivity contribution in [2.75, 3.05) is 33.4 Å². The van der Waals surface area contributed by atoms with E-state index in [2.05, 4.69) is 0 Å². The number of nitrogens with zero attached hydrogens (tertiary/aromatic N) is 1. The molecule has 1 fully saturated rings. The second kappa shape index (κ2) is 11.3. The fourth-order valence-corrected chi connectivity index (χ4v) is 3.08. The molecule has 0 aromatic heterocycles. The molecule has 0 saturated carbocycles. The molecule has 6 nitrogen and oxygen atoms in total. The monoisotopic (exact) mass is 319 g/mol. The Hall–Kier alpha value is -0.240. The van der Waals surface area contributed by atoms with Crippen molar-refractivity contribution in [3.05, 3.63) is 0 Å². The van der Waals surface area contributed by atoms with Crippen LogP contribution in [0.5, 0.6) is 0 Å². The summed E-state index contributed by atoms with van der Waals surface area (Å²) in [4.78, 5) is 1.89. The Morgan fingerprint density at radius 1 is 0.909 bits per heavy atom. The minimum absolute atomic E-state index is 0.204. The van der Waals surface area contributed by atoms with Crippen LogP contribution >= 0.6 is 0 Å². The Balaban J connectivity index is 2.12. The molecule has 0 amide bonds. The number of aliphatic hydroxyl groups is 4. The van der Waals surface area contributed by atoms with Gasteiger partial charge in [-0.05, 0) is 19.4 Å². The van der Waals surface area contributed by atoms with Gasteiger partial charge in [-0.2, -0.15) is 0 Å². The zero-order valence-corrected chi connectivity index (χ0v) is 13.7. The first kappa shape index (κ1) is 19.8. The molecular formula is C16H33NO5. The Morgan fingerprint density at radius 3 is 2.09 bits per heavy atom. The molecule has 0 spiro atoms.